The van der Waals surface area contributed by atoms with Crippen molar-refractivity contribution in [3.05, 3.63) is 17.7 Å². The van der Waals surface area contributed by atoms with Crippen molar-refractivity contribution in [2.45, 2.75) is 6.92 Å². The van der Waals surface area contributed by atoms with Crippen molar-refractivity contribution < 1.29 is 28.5 Å². The largest absolute Gasteiger partial charge is 0.496 e. The van der Waals surface area contributed by atoms with Gasteiger partial charge in [0.05, 0.1) is 21.3 Å². The van der Waals surface area contributed by atoms with E-state index in [0.717, 1.165) is 0 Å². The van der Waals surface area contributed by atoms with Crippen molar-refractivity contribution >= 4 is 11.9 Å². The summed E-state index contributed by atoms with van der Waals surface area (Å²) in [6.45, 7) is 1.89. The van der Waals surface area contributed by atoms with Crippen LogP contribution in [0.3, 0.4) is 0 Å². The number of carbonyl (C=O) groups is 2. The van der Waals surface area contributed by atoms with Crippen LogP contribution >= 0.6 is 0 Å². The molecule has 7 heteroatoms. The molecule has 0 fully saturated rings. The molecule has 0 aromatic heterocycles. The fourth-order valence-electron chi connectivity index (χ4n) is 1.65. The predicted octanol–water partition coefficient (Wildman–Crippen LogP) is 1.01. The van der Waals surface area contributed by atoms with E-state index in [0.29, 0.717) is 18.0 Å². The van der Waals surface area contributed by atoms with Crippen LogP contribution in [0.25, 0.3) is 0 Å². The van der Waals surface area contributed by atoms with Crippen molar-refractivity contribution in [2.24, 2.45) is 0 Å². The maximum Gasteiger partial charge on any atom is 0.342 e. The van der Waals surface area contributed by atoms with Crippen LogP contribution in [0.15, 0.2) is 12.1 Å². The Kier molecular flexibility index (Phi) is 6.32. The number of hydrogen-bond acceptors (Lipinski definition) is 6. The first-order valence-electron chi connectivity index (χ1n) is 6.31. The lowest BCUT2D eigenvalue weighted by Gasteiger charge is -2.13. The number of carbonyl (C=O) groups excluding carboxylic acids is 2. The summed E-state index contributed by atoms with van der Waals surface area (Å²) in [6.07, 6.45) is 0. The van der Waals surface area contributed by atoms with Gasteiger partial charge in [0.2, 0.25) is 0 Å². The molecule has 0 spiro atoms. The Morgan fingerprint density at radius 1 is 1.00 bits per heavy atom. The third-order valence-corrected chi connectivity index (χ3v) is 2.63. The van der Waals surface area contributed by atoms with E-state index in [2.05, 4.69) is 5.32 Å². The smallest absolute Gasteiger partial charge is 0.342 e. The quantitative estimate of drug-likeness (QED) is 0.756. The highest BCUT2D eigenvalue weighted by Gasteiger charge is 2.19. The molecule has 0 aliphatic heterocycles. The Labute approximate surface area is 123 Å². The van der Waals surface area contributed by atoms with Gasteiger partial charge in [0, 0.05) is 18.7 Å². The Hall–Kier alpha value is -2.44. The van der Waals surface area contributed by atoms with Crippen LogP contribution < -0.4 is 19.5 Å². The second kappa shape index (κ2) is 7.98. The number of benzene rings is 1. The minimum atomic E-state index is -0.681. The topological polar surface area (TPSA) is 83.1 Å². The van der Waals surface area contributed by atoms with E-state index >= 15 is 0 Å². The van der Waals surface area contributed by atoms with E-state index in [1.807, 2.05) is 0 Å². The summed E-state index contributed by atoms with van der Waals surface area (Å²) < 4.78 is 20.3. The first kappa shape index (κ1) is 16.6. The number of methoxy groups -OCH3 is 3. The Morgan fingerprint density at radius 3 is 2.10 bits per heavy atom. The summed E-state index contributed by atoms with van der Waals surface area (Å²) in [5, 5.41) is 2.53. The van der Waals surface area contributed by atoms with E-state index in [1.54, 1.807) is 6.92 Å². The summed E-state index contributed by atoms with van der Waals surface area (Å²) >= 11 is 0. The predicted molar refractivity (Wildman–Crippen MR) is 75.1 cm³/mol. The van der Waals surface area contributed by atoms with Gasteiger partial charge in [-0.05, 0) is 6.92 Å². The zero-order chi connectivity index (χ0) is 15.8. The van der Waals surface area contributed by atoms with Crippen LogP contribution in [0.1, 0.15) is 17.3 Å². The molecule has 0 bridgehead atoms. The molecule has 0 heterocycles. The molecule has 1 N–H and O–H groups in total. The fraction of sp³-hybridized carbons (Fsp3) is 0.429. The van der Waals surface area contributed by atoms with Gasteiger partial charge in [-0.25, -0.2) is 4.79 Å². The molecule has 1 amide bonds. The van der Waals surface area contributed by atoms with Gasteiger partial charge >= 0.3 is 5.97 Å². The second-order valence-electron chi connectivity index (χ2n) is 3.94. The van der Waals surface area contributed by atoms with Crippen molar-refractivity contribution in [2.75, 3.05) is 34.5 Å². The third kappa shape index (κ3) is 4.27. The van der Waals surface area contributed by atoms with E-state index in [-0.39, 0.29) is 23.8 Å². The SMILES string of the molecule is CCNC(=O)COC(=O)c1cc(OC)c(OC)cc1OC. The van der Waals surface area contributed by atoms with E-state index in [4.69, 9.17) is 18.9 Å². The van der Waals surface area contributed by atoms with Crippen molar-refractivity contribution in [1.29, 1.82) is 0 Å². The molecule has 0 aliphatic rings. The highest BCUT2D eigenvalue weighted by molar-refractivity contribution is 5.95. The van der Waals surface area contributed by atoms with Gasteiger partial charge in [-0.2, -0.15) is 0 Å². The molecule has 0 radical (unpaired) electrons. The Balaban J connectivity index is 2.94. The zero-order valence-corrected chi connectivity index (χ0v) is 12.5. The number of ether oxygens (including phenoxy) is 4. The molecule has 1 aromatic rings. The standard InChI is InChI=1S/C14H19NO6/c1-5-15-13(16)8-21-14(17)9-6-11(19-3)12(20-4)7-10(9)18-2/h6-7H,5,8H2,1-4H3,(H,15,16). The molecule has 1 rings (SSSR count). The van der Waals surface area contributed by atoms with Crippen LogP contribution in [-0.4, -0.2) is 46.4 Å². The van der Waals surface area contributed by atoms with E-state index in [1.165, 1.54) is 33.5 Å². The summed E-state index contributed by atoms with van der Waals surface area (Å²) in [5.41, 5.74) is 0.152. The van der Waals surface area contributed by atoms with Gasteiger partial charge in [-0.15, -0.1) is 0 Å². The lowest BCUT2D eigenvalue weighted by atomic mass is 10.1. The number of nitrogens with one attached hydrogen (secondary N) is 1. The normalized spacial score (nSPS) is 9.71. The molecule has 0 saturated carbocycles. The average Bonchev–Trinajstić information content (AvgIpc) is 2.51. The molecule has 0 unspecified atom stereocenters. The zero-order valence-electron chi connectivity index (χ0n) is 12.5. The van der Waals surface area contributed by atoms with Crippen molar-refractivity contribution in [3.8, 4) is 17.2 Å². The van der Waals surface area contributed by atoms with Crippen LogP contribution in [0.5, 0.6) is 17.2 Å². The Bertz CT molecular complexity index is 514. The fourth-order valence-corrected chi connectivity index (χ4v) is 1.65. The molecule has 21 heavy (non-hydrogen) atoms. The monoisotopic (exact) mass is 297 g/mol. The number of esters is 1. The van der Waals surface area contributed by atoms with Crippen LogP contribution in [0, 0.1) is 0 Å². The summed E-state index contributed by atoms with van der Waals surface area (Å²) in [6, 6.07) is 2.96. The minimum absolute atomic E-state index is 0.152. The molecule has 1 aromatic carbocycles. The number of amides is 1. The van der Waals surface area contributed by atoms with E-state index < -0.39 is 5.97 Å². The number of rotatable bonds is 7. The first-order valence-corrected chi connectivity index (χ1v) is 6.31. The van der Waals surface area contributed by atoms with E-state index in [9.17, 15) is 9.59 Å². The van der Waals surface area contributed by atoms with Crippen molar-refractivity contribution in [3.63, 3.8) is 0 Å². The van der Waals surface area contributed by atoms with Gasteiger partial charge in [0.1, 0.15) is 11.3 Å². The van der Waals surface area contributed by atoms with Gasteiger partial charge in [0.25, 0.3) is 5.91 Å². The highest BCUT2D eigenvalue weighted by atomic mass is 16.5. The van der Waals surface area contributed by atoms with Gasteiger partial charge in [0.15, 0.2) is 18.1 Å². The summed E-state index contributed by atoms with van der Waals surface area (Å²) in [7, 11) is 4.35. The molecule has 7 nitrogen and oxygen atoms in total. The first-order chi connectivity index (χ1) is 10.1. The summed E-state index contributed by atoms with van der Waals surface area (Å²) in [4.78, 5) is 23.3. The summed E-state index contributed by atoms with van der Waals surface area (Å²) in [5.74, 6) is 0.00999. The average molecular weight is 297 g/mol. The Morgan fingerprint density at radius 2 is 1.57 bits per heavy atom. The third-order valence-electron chi connectivity index (χ3n) is 2.63. The number of likely N-dealkylation sites (N-methyl/N-ethyl adjacent to an activating group) is 1. The molecule has 0 atom stereocenters. The lowest BCUT2D eigenvalue weighted by molar-refractivity contribution is -0.124. The molecule has 116 valence electrons. The maximum atomic E-state index is 12.0. The van der Waals surface area contributed by atoms with Crippen LogP contribution in [0.4, 0.5) is 0 Å². The van der Waals surface area contributed by atoms with Gasteiger partial charge in [-0.3, -0.25) is 4.79 Å². The van der Waals surface area contributed by atoms with Crippen molar-refractivity contribution in [1.82, 2.24) is 5.32 Å². The van der Waals surface area contributed by atoms with Crippen LogP contribution in [-0.2, 0) is 9.53 Å². The highest BCUT2D eigenvalue weighted by Crippen LogP contribution is 2.34. The van der Waals surface area contributed by atoms with Gasteiger partial charge < -0.3 is 24.3 Å². The van der Waals surface area contributed by atoms with Gasteiger partial charge in [-0.1, -0.05) is 0 Å². The molecule has 0 aliphatic carbocycles. The molecule has 0 saturated heterocycles. The molecular formula is C14H19NO6. The lowest BCUT2D eigenvalue weighted by Crippen LogP contribution is -2.28. The molecular weight excluding hydrogens is 278 g/mol. The second-order valence-corrected chi connectivity index (χ2v) is 3.94. The van der Waals surface area contributed by atoms with Crippen LogP contribution in [0.2, 0.25) is 0 Å². The maximum absolute atomic E-state index is 12.0. The minimum Gasteiger partial charge on any atom is -0.496 e. The number of hydrogen-bond donors (Lipinski definition) is 1.